The zero-order chi connectivity index (χ0) is 12.6. The second-order valence-corrected chi connectivity index (χ2v) is 5.04. The number of hydrogen-bond acceptors (Lipinski definition) is 4. The van der Waals surface area contributed by atoms with Crippen LogP contribution in [0.3, 0.4) is 0 Å². The van der Waals surface area contributed by atoms with Crippen LogP contribution in [0.5, 0.6) is 0 Å². The maximum absolute atomic E-state index is 9.72. The van der Waals surface area contributed by atoms with Crippen LogP contribution in [0.1, 0.15) is 25.2 Å². The van der Waals surface area contributed by atoms with E-state index in [-0.39, 0.29) is 0 Å². The summed E-state index contributed by atoms with van der Waals surface area (Å²) in [7, 11) is 0. The molecule has 2 N–H and O–H groups in total. The van der Waals surface area contributed by atoms with Crippen molar-refractivity contribution in [2.45, 2.75) is 33.3 Å². The summed E-state index contributed by atoms with van der Waals surface area (Å²) in [5, 5.41) is 21.1. The van der Waals surface area contributed by atoms with Crippen molar-refractivity contribution in [2.75, 3.05) is 11.9 Å². The van der Waals surface area contributed by atoms with Crippen molar-refractivity contribution in [3.8, 4) is 0 Å². The van der Waals surface area contributed by atoms with Gasteiger partial charge in [0.15, 0.2) is 5.65 Å². The van der Waals surface area contributed by atoms with Gasteiger partial charge in [-0.2, -0.15) is 0 Å². The monoisotopic (exact) mass is 234 g/mol. The van der Waals surface area contributed by atoms with Crippen LogP contribution in [0.15, 0.2) is 12.3 Å². The van der Waals surface area contributed by atoms with Crippen LogP contribution in [0.4, 0.5) is 5.69 Å². The zero-order valence-electron chi connectivity index (χ0n) is 10.7. The summed E-state index contributed by atoms with van der Waals surface area (Å²) in [6.07, 6.45) is 2.00. The average Bonchev–Trinajstić information content (AvgIpc) is 2.56. The van der Waals surface area contributed by atoms with Crippen LogP contribution >= 0.6 is 0 Å². The van der Waals surface area contributed by atoms with Crippen LogP contribution in [0, 0.1) is 13.8 Å². The Balaban J connectivity index is 2.39. The molecule has 2 aromatic rings. The lowest BCUT2D eigenvalue weighted by atomic mass is 10.1. The molecule has 0 radical (unpaired) electrons. The van der Waals surface area contributed by atoms with Gasteiger partial charge in [-0.05, 0) is 39.3 Å². The number of aromatic nitrogens is 3. The number of anilines is 1. The fraction of sp³-hybridized carbons (Fsp3) is 0.500. The Morgan fingerprint density at radius 2 is 2.06 bits per heavy atom. The predicted molar refractivity (Wildman–Crippen MR) is 67.2 cm³/mol. The quantitative estimate of drug-likeness (QED) is 0.845. The van der Waals surface area contributed by atoms with E-state index in [0.29, 0.717) is 6.54 Å². The molecule has 0 atom stereocenters. The lowest BCUT2D eigenvalue weighted by Crippen LogP contribution is -2.29. The molecule has 0 saturated carbocycles. The molecule has 0 aromatic carbocycles. The third-order valence-electron chi connectivity index (χ3n) is 2.52. The SMILES string of the molecule is Cc1cc(NCC(C)(C)O)c2nnc(C)n2c1. The van der Waals surface area contributed by atoms with E-state index < -0.39 is 5.60 Å². The van der Waals surface area contributed by atoms with E-state index in [0.717, 1.165) is 22.7 Å². The van der Waals surface area contributed by atoms with Gasteiger partial charge in [-0.1, -0.05) is 0 Å². The van der Waals surface area contributed by atoms with E-state index in [1.54, 1.807) is 13.8 Å². The van der Waals surface area contributed by atoms with Gasteiger partial charge in [0.05, 0.1) is 11.3 Å². The molecule has 0 saturated heterocycles. The number of pyridine rings is 1. The van der Waals surface area contributed by atoms with Crippen LogP contribution in [0.25, 0.3) is 5.65 Å². The molecule has 5 heteroatoms. The van der Waals surface area contributed by atoms with Crippen LogP contribution in [0.2, 0.25) is 0 Å². The van der Waals surface area contributed by atoms with Gasteiger partial charge in [0.25, 0.3) is 0 Å². The minimum atomic E-state index is -0.754. The molecule has 2 aromatic heterocycles. The van der Waals surface area contributed by atoms with Gasteiger partial charge >= 0.3 is 0 Å². The third-order valence-corrected chi connectivity index (χ3v) is 2.52. The highest BCUT2D eigenvalue weighted by Gasteiger charge is 2.14. The fourth-order valence-electron chi connectivity index (χ4n) is 1.68. The van der Waals surface area contributed by atoms with Gasteiger partial charge in [-0.3, -0.25) is 4.40 Å². The number of nitrogens with one attached hydrogen (secondary N) is 1. The second-order valence-electron chi connectivity index (χ2n) is 5.04. The molecular weight excluding hydrogens is 216 g/mol. The largest absolute Gasteiger partial charge is 0.389 e. The lowest BCUT2D eigenvalue weighted by Gasteiger charge is -2.19. The molecular formula is C12H18N4O. The molecule has 2 rings (SSSR count). The third kappa shape index (κ3) is 2.55. The molecule has 0 aliphatic heterocycles. The molecule has 0 fully saturated rings. The Labute approximate surface area is 100 Å². The highest BCUT2D eigenvalue weighted by molar-refractivity contribution is 5.68. The Morgan fingerprint density at radius 3 is 2.71 bits per heavy atom. The molecule has 0 bridgehead atoms. The first-order valence-corrected chi connectivity index (χ1v) is 5.65. The highest BCUT2D eigenvalue weighted by atomic mass is 16.3. The van der Waals surface area contributed by atoms with Gasteiger partial charge in [-0.25, -0.2) is 0 Å². The maximum atomic E-state index is 9.72. The summed E-state index contributed by atoms with van der Waals surface area (Å²) in [6.45, 7) is 7.94. The number of aliphatic hydroxyl groups is 1. The minimum Gasteiger partial charge on any atom is -0.389 e. The van der Waals surface area contributed by atoms with E-state index in [2.05, 4.69) is 15.5 Å². The van der Waals surface area contributed by atoms with Crippen molar-refractivity contribution in [1.82, 2.24) is 14.6 Å². The van der Waals surface area contributed by atoms with Crippen LogP contribution in [-0.2, 0) is 0 Å². The first-order chi connectivity index (χ1) is 7.87. The fourth-order valence-corrected chi connectivity index (χ4v) is 1.68. The van der Waals surface area contributed by atoms with E-state index in [1.165, 1.54) is 0 Å². The highest BCUT2D eigenvalue weighted by Crippen LogP contribution is 2.18. The van der Waals surface area contributed by atoms with Crippen LogP contribution < -0.4 is 5.32 Å². The van der Waals surface area contributed by atoms with Gasteiger partial charge in [-0.15, -0.1) is 10.2 Å². The first-order valence-electron chi connectivity index (χ1n) is 5.65. The molecule has 17 heavy (non-hydrogen) atoms. The number of rotatable bonds is 3. The standard InChI is InChI=1S/C12H18N4O/c1-8-5-10(13-7-12(3,4)17)11-15-14-9(2)16(11)6-8/h5-6,13,17H,7H2,1-4H3. The molecule has 0 unspecified atom stereocenters. The Bertz CT molecular complexity index is 539. The number of hydrogen-bond donors (Lipinski definition) is 2. The predicted octanol–water partition coefficient (Wildman–Crippen LogP) is 1.53. The molecule has 0 aliphatic carbocycles. The molecule has 5 nitrogen and oxygen atoms in total. The summed E-state index contributed by atoms with van der Waals surface area (Å²) in [5.41, 5.74) is 2.05. The molecule has 92 valence electrons. The molecule has 0 spiro atoms. The number of aryl methyl sites for hydroxylation is 2. The van der Waals surface area contributed by atoms with Gasteiger partial charge in [0, 0.05) is 12.7 Å². The minimum absolute atomic E-state index is 0.470. The Kier molecular flexibility index (Phi) is 2.79. The van der Waals surface area contributed by atoms with E-state index in [1.807, 2.05) is 30.5 Å². The van der Waals surface area contributed by atoms with Crippen molar-refractivity contribution in [1.29, 1.82) is 0 Å². The second kappa shape index (κ2) is 4.00. The Hall–Kier alpha value is -1.62. The lowest BCUT2D eigenvalue weighted by molar-refractivity contribution is 0.0945. The van der Waals surface area contributed by atoms with Crippen molar-refractivity contribution in [3.05, 3.63) is 23.7 Å². The smallest absolute Gasteiger partial charge is 0.184 e. The number of fused-ring (bicyclic) bond motifs is 1. The zero-order valence-corrected chi connectivity index (χ0v) is 10.7. The summed E-state index contributed by atoms with van der Waals surface area (Å²) in [4.78, 5) is 0. The average molecular weight is 234 g/mol. The first kappa shape index (κ1) is 11.9. The van der Waals surface area contributed by atoms with E-state index in [9.17, 15) is 5.11 Å². The summed E-state index contributed by atoms with van der Waals surface area (Å²) >= 11 is 0. The molecule has 2 heterocycles. The van der Waals surface area contributed by atoms with Crippen molar-refractivity contribution >= 4 is 11.3 Å². The van der Waals surface area contributed by atoms with E-state index in [4.69, 9.17) is 0 Å². The summed E-state index contributed by atoms with van der Waals surface area (Å²) in [6, 6.07) is 2.01. The van der Waals surface area contributed by atoms with Crippen molar-refractivity contribution in [2.24, 2.45) is 0 Å². The summed E-state index contributed by atoms with van der Waals surface area (Å²) < 4.78 is 1.95. The van der Waals surface area contributed by atoms with Crippen LogP contribution in [-0.4, -0.2) is 31.9 Å². The Morgan fingerprint density at radius 1 is 1.35 bits per heavy atom. The molecule has 0 aliphatic rings. The van der Waals surface area contributed by atoms with Crippen molar-refractivity contribution < 1.29 is 5.11 Å². The van der Waals surface area contributed by atoms with Crippen molar-refractivity contribution in [3.63, 3.8) is 0 Å². The normalized spacial score (nSPS) is 12.1. The van der Waals surface area contributed by atoms with Gasteiger partial charge in [0.1, 0.15) is 5.82 Å². The van der Waals surface area contributed by atoms with Gasteiger partial charge in [0.2, 0.25) is 0 Å². The number of nitrogens with zero attached hydrogens (tertiary/aromatic N) is 3. The maximum Gasteiger partial charge on any atom is 0.184 e. The summed E-state index contributed by atoms with van der Waals surface area (Å²) in [5.74, 6) is 0.856. The van der Waals surface area contributed by atoms with E-state index >= 15 is 0 Å². The van der Waals surface area contributed by atoms with Gasteiger partial charge < -0.3 is 10.4 Å². The molecule has 0 amide bonds. The topological polar surface area (TPSA) is 62.5 Å².